The first kappa shape index (κ1) is 19.3. The molecule has 154 valence electrons. The van der Waals surface area contributed by atoms with Crippen molar-refractivity contribution < 1.29 is 0 Å². The van der Waals surface area contributed by atoms with Crippen molar-refractivity contribution >= 4 is 28.9 Å². The minimum absolute atomic E-state index is 0.543. The van der Waals surface area contributed by atoms with Gasteiger partial charge in [0, 0.05) is 28.9 Å². The Hall–Kier alpha value is -3.64. The molecule has 0 radical (unpaired) electrons. The van der Waals surface area contributed by atoms with Crippen LogP contribution in [-0.2, 0) is 6.54 Å². The first-order chi connectivity index (χ1) is 15.1. The molecule has 31 heavy (non-hydrogen) atoms. The van der Waals surface area contributed by atoms with Gasteiger partial charge in [-0.2, -0.15) is 5.10 Å². The number of benzene rings is 3. The molecule has 0 unspecified atom stereocenters. The monoisotopic (exact) mass is 428 g/mol. The summed E-state index contributed by atoms with van der Waals surface area (Å²) in [4.78, 5) is 0. The van der Waals surface area contributed by atoms with Crippen LogP contribution in [0.25, 0.3) is 5.69 Å². The summed E-state index contributed by atoms with van der Waals surface area (Å²) in [6.45, 7) is 2.50. The zero-order valence-corrected chi connectivity index (χ0v) is 18.0. The van der Waals surface area contributed by atoms with Gasteiger partial charge in [-0.3, -0.25) is 4.57 Å². The minimum atomic E-state index is 0.543. The summed E-state index contributed by atoms with van der Waals surface area (Å²) in [7, 11) is 1.91. The van der Waals surface area contributed by atoms with Crippen LogP contribution in [0.3, 0.4) is 0 Å². The molecule has 0 fully saturated rings. The van der Waals surface area contributed by atoms with Crippen LogP contribution in [0.15, 0.2) is 77.9 Å². The number of fused-ring (bicyclic) bond motifs is 3. The van der Waals surface area contributed by atoms with E-state index in [2.05, 4.69) is 56.5 Å². The van der Waals surface area contributed by atoms with Gasteiger partial charge in [0.25, 0.3) is 5.95 Å². The van der Waals surface area contributed by atoms with Crippen LogP contribution in [0.5, 0.6) is 0 Å². The summed E-state index contributed by atoms with van der Waals surface area (Å²) in [6, 6.07) is 24.3. The van der Waals surface area contributed by atoms with E-state index in [1.165, 1.54) is 0 Å². The summed E-state index contributed by atoms with van der Waals surface area (Å²) in [5.74, 6) is 1.49. The number of hydrogen-bond acceptors (Lipinski definition) is 5. The molecule has 0 bridgehead atoms. The fourth-order valence-electron chi connectivity index (χ4n) is 3.77. The van der Waals surface area contributed by atoms with E-state index in [0.717, 1.165) is 39.6 Å². The number of aromatic nitrogens is 3. The smallest absolute Gasteiger partial charge is 0.252 e. The zero-order chi connectivity index (χ0) is 21.4. The number of nitrogens with one attached hydrogen (secondary N) is 1. The number of para-hydroxylation sites is 1. The van der Waals surface area contributed by atoms with Crippen molar-refractivity contribution in [1.29, 1.82) is 0 Å². The van der Waals surface area contributed by atoms with Crippen molar-refractivity contribution in [1.82, 2.24) is 14.8 Å². The van der Waals surface area contributed by atoms with E-state index < -0.39 is 0 Å². The second-order valence-corrected chi connectivity index (χ2v) is 7.80. The molecule has 6 nitrogen and oxygen atoms in total. The molecule has 3 aromatic carbocycles. The van der Waals surface area contributed by atoms with Gasteiger partial charge in [-0.05, 0) is 42.8 Å². The van der Waals surface area contributed by atoms with Crippen molar-refractivity contribution in [3.8, 4) is 5.69 Å². The maximum Gasteiger partial charge on any atom is 0.252 e. The lowest BCUT2D eigenvalue weighted by Gasteiger charge is -2.18. The Morgan fingerprint density at radius 1 is 0.903 bits per heavy atom. The van der Waals surface area contributed by atoms with Crippen molar-refractivity contribution in [2.24, 2.45) is 5.10 Å². The third-order valence-electron chi connectivity index (χ3n) is 5.35. The van der Waals surface area contributed by atoms with Crippen molar-refractivity contribution in [3.05, 3.63) is 100 Å². The van der Waals surface area contributed by atoms with Gasteiger partial charge >= 0.3 is 0 Å². The normalized spacial score (nSPS) is 12.6. The van der Waals surface area contributed by atoms with Crippen LogP contribution < -0.4 is 10.3 Å². The van der Waals surface area contributed by atoms with E-state index >= 15 is 0 Å². The summed E-state index contributed by atoms with van der Waals surface area (Å²) in [6.07, 6.45) is 0. The van der Waals surface area contributed by atoms with Crippen molar-refractivity contribution in [3.63, 3.8) is 0 Å². The third-order valence-corrected chi connectivity index (χ3v) is 5.60. The maximum atomic E-state index is 6.08. The summed E-state index contributed by atoms with van der Waals surface area (Å²) >= 11 is 6.08. The maximum absolute atomic E-state index is 6.08. The number of hydrogen-bond donors (Lipinski definition) is 1. The van der Waals surface area contributed by atoms with Gasteiger partial charge in [-0.25, -0.2) is 5.01 Å². The highest BCUT2D eigenvalue weighted by molar-refractivity contribution is 6.30. The SMILES string of the molecule is CNc1ccc(C2=NN(Cc3ccc(Cl)cc3)c3nnc(C)n3-c3ccccc32)cc1. The minimum Gasteiger partial charge on any atom is -0.388 e. The van der Waals surface area contributed by atoms with Crippen molar-refractivity contribution in [2.75, 3.05) is 17.4 Å². The molecule has 4 aromatic rings. The lowest BCUT2D eigenvalue weighted by Crippen LogP contribution is -2.20. The fourth-order valence-corrected chi connectivity index (χ4v) is 3.89. The quantitative estimate of drug-likeness (QED) is 0.494. The molecule has 2 heterocycles. The number of nitrogens with zero attached hydrogens (tertiary/aromatic N) is 5. The molecule has 1 aliphatic rings. The molecule has 1 aliphatic heterocycles. The topological polar surface area (TPSA) is 58.3 Å². The van der Waals surface area contributed by atoms with Gasteiger partial charge in [0.2, 0.25) is 0 Å². The molecular weight excluding hydrogens is 408 g/mol. The fraction of sp³-hybridized carbons (Fsp3) is 0.125. The van der Waals surface area contributed by atoms with Crippen LogP contribution in [0.2, 0.25) is 5.02 Å². The van der Waals surface area contributed by atoms with Gasteiger partial charge in [-0.1, -0.05) is 54.1 Å². The second-order valence-electron chi connectivity index (χ2n) is 7.36. The molecule has 1 N–H and O–H groups in total. The Balaban J connectivity index is 1.69. The lowest BCUT2D eigenvalue weighted by atomic mass is 10.0. The first-order valence-electron chi connectivity index (χ1n) is 10.0. The Kier molecular flexibility index (Phi) is 4.92. The Labute approximate surface area is 185 Å². The van der Waals surface area contributed by atoms with Crippen LogP contribution >= 0.6 is 11.6 Å². The van der Waals surface area contributed by atoms with E-state index in [-0.39, 0.29) is 0 Å². The molecule has 0 saturated carbocycles. The average Bonchev–Trinajstić information content (AvgIpc) is 3.12. The number of anilines is 2. The second kappa shape index (κ2) is 7.89. The van der Waals surface area contributed by atoms with Crippen LogP contribution in [0.4, 0.5) is 11.6 Å². The third kappa shape index (κ3) is 3.55. The molecule has 0 atom stereocenters. The summed E-state index contributed by atoms with van der Waals surface area (Å²) in [5.41, 5.74) is 6.09. The van der Waals surface area contributed by atoms with Gasteiger partial charge < -0.3 is 5.32 Å². The van der Waals surface area contributed by atoms with E-state index in [1.54, 1.807) is 0 Å². The highest BCUT2D eigenvalue weighted by Gasteiger charge is 2.26. The lowest BCUT2D eigenvalue weighted by molar-refractivity contribution is 0.796. The van der Waals surface area contributed by atoms with Gasteiger partial charge in [-0.15, -0.1) is 10.2 Å². The average molecular weight is 429 g/mol. The van der Waals surface area contributed by atoms with Crippen LogP contribution in [-0.4, -0.2) is 27.5 Å². The van der Waals surface area contributed by atoms with E-state index in [4.69, 9.17) is 16.7 Å². The molecule has 0 amide bonds. The number of aryl methyl sites for hydroxylation is 1. The molecule has 5 rings (SSSR count). The number of halogens is 1. The predicted molar refractivity (Wildman–Crippen MR) is 125 cm³/mol. The largest absolute Gasteiger partial charge is 0.388 e. The highest BCUT2D eigenvalue weighted by atomic mass is 35.5. The molecule has 7 heteroatoms. The molecule has 0 aliphatic carbocycles. The predicted octanol–water partition coefficient (Wildman–Crippen LogP) is 5.04. The summed E-state index contributed by atoms with van der Waals surface area (Å²) < 4.78 is 2.06. The van der Waals surface area contributed by atoms with Crippen molar-refractivity contribution in [2.45, 2.75) is 13.5 Å². The molecule has 0 saturated heterocycles. The Bertz CT molecular complexity index is 1260. The van der Waals surface area contributed by atoms with E-state index in [0.29, 0.717) is 17.5 Å². The first-order valence-corrected chi connectivity index (χ1v) is 10.4. The number of hydrazone groups is 1. The summed E-state index contributed by atoms with van der Waals surface area (Å²) in [5, 5.41) is 19.7. The molecular formula is C24H21ClN6. The van der Waals surface area contributed by atoms with Gasteiger partial charge in [0.05, 0.1) is 12.2 Å². The van der Waals surface area contributed by atoms with Gasteiger partial charge in [0.1, 0.15) is 11.5 Å². The van der Waals surface area contributed by atoms with Crippen LogP contribution in [0, 0.1) is 6.92 Å². The Morgan fingerprint density at radius 3 is 2.39 bits per heavy atom. The molecule has 0 spiro atoms. The highest BCUT2D eigenvalue weighted by Crippen LogP contribution is 2.30. The van der Waals surface area contributed by atoms with Crippen LogP contribution in [0.1, 0.15) is 22.5 Å². The zero-order valence-electron chi connectivity index (χ0n) is 17.2. The van der Waals surface area contributed by atoms with Gasteiger partial charge in [0.15, 0.2) is 0 Å². The van der Waals surface area contributed by atoms with E-state index in [9.17, 15) is 0 Å². The van der Waals surface area contributed by atoms with E-state index in [1.807, 2.05) is 55.4 Å². The molecule has 1 aromatic heterocycles. The Morgan fingerprint density at radius 2 is 1.65 bits per heavy atom. The number of rotatable bonds is 4. The standard InChI is InChI=1S/C24H21ClN6/c1-16-27-28-24-30(15-17-7-11-19(25)12-8-17)29-23(18-9-13-20(26-2)14-10-18)21-5-3-4-6-22(21)31(16)24/h3-14,26H,15H2,1-2H3.